The Morgan fingerprint density at radius 2 is 1.59 bits per heavy atom. The fourth-order valence-corrected chi connectivity index (χ4v) is 3.34. The maximum atomic E-state index is 11.8. The number of hydrogen-bond donors (Lipinski definition) is 0. The molecule has 2 aromatic heterocycles. The summed E-state index contributed by atoms with van der Waals surface area (Å²) in [5.74, 6) is 0. The minimum atomic E-state index is -3.51. The molecule has 0 atom stereocenters. The highest BCUT2D eigenvalue weighted by atomic mass is 32.2. The quantitative estimate of drug-likeness (QED) is 0.508. The van der Waals surface area contributed by atoms with Gasteiger partial charge in [-0.05, 0) is 24.1 Å². The highest BCUT2D eigenvalue weighted by Crippen LogP contribution is 2.33. The smallest absolute Gasteiger partial charge is 0.227 e. The van der Waals surface area contributed by atoms with Crippen LogP contribution >= 0.6 is 0 Å². The van der Waals surface area contributed by atoms with Crippen LogP contribution in [0.5, 0.6) is 0 Å². The molecule has 27 heavy (non-hydrogen) atoms. The van der Waals surface area contributed by atoms with Crippen molar-refractivity contribution in [2.24, 2.45) is 0 Å². The van der Waals surface area contributed by atoms with Crippen LogP contribution in [0.2, 0.25) is 0 Å². The van der Waals surface area contributed by atoms with Crippen molar-refractivity contribution in [3.63, 3.8) is 0 Å². The monoisotopic (exact) mass is 374 g/mol. The summed E-state index contributed by atoms with van der Waals surface area (Å²) in [7, 11) is -3.51. The molecule has 133 valence electrons. The van der Waals surface area contributed by atoms with E-state index in [1.54, 1.807) is 0 Å². The van der Waals surface area contributed by atoms with Crippen LogP contribution in [0.25, 0.3) is 33.4 Å². The Morgan fingerprint density at radius 1 is 0.889 bits per heavy atom. The largest absolute Gasteiger partial charge is 0.248 e. The second-order valence-corrected chi connectivity index (χ2v) is 8.19. The Balaban J connectivity index is 2.02. The van der Waals surface area contributed by atoms with Crippen LogP contribution in [0, 0.1) is 6.92 Å². The van der Waals surface area contributed by atoms with Gasteiger partial charge >= 0.3 is 0 Å². The van der Waals surface area contributed by atoms with Gasteiger partial charge in [-0.2, -0.15) is 4.98 Å². The number of aromatic nitrogens is 3. The molecule has 5 nitrogen and oxygen atoms in total. The second-order valence-electron chi connectivity index (χ2n) is 6.29. The van der Waals surface area contributed by atoms with Gasteiger partial charge in [0.1, 0.15) is 0 Å². The molecule has 0 aliphatic heterocycles. The van der Waals surface area contributed by atoms with E-state index < -0.39 is 9.84 Å². The van der Waals surface area contributed by atoms with Crippen molar-refractivity contribution < 1.29 is 8.42 Å². The molecule has 1 radical (unpaired) electrons. The first-order valence-corrected chi connectivity index (χ1v) is 10.2. The molecule has 0 amide bonds. The van der Waals surface area contributed by atoms with Crippen molar-refractivity contribution in [1.29, 1.82) is 0 Å². The molecule has 0 aliphatic rings. The lowest BCUT2D eigenvalue weighted by Crippen LogP contribution is -2.05. The fourth-order valence-electron chi connectivity index (χ4n) is 2.85. The summed E-state index contributed by atoms with van der Waals surface area (Å²) in [6, 6.07) is 19.6. The lowest BCUT2D eigenvalue weighted by molar-refractivity contribution is 0.593. The number of hydrogen-bond acceptors (Lipinski definition) is 5. The Bertz CT molecular complexity index is 1240. The van der Waals surface area contributed by atoms with E-state index in [-0.39, 0.29) is 5.16 Å². The van der Waals surface area contributed by atoms with Crippen LogP contribution in [-0.2, 0) is 9.84 Å². The number of pyridine rings is 1. The van der Waals surface area contributed by atoms with Crippen LogP contribution < -0.4 is 0 Å². The molecule has 0 N–H and O–H groups in total. The van der Waals surface area contributed by atoms with Gasteiger partial charge in [0.2, 0.25) is 15.0 Å². The van der Waals surface area contributed by atoms with Gasteiger partial charge in [0.15, 0.2) is 5.65 Å². The Kier molecular flexibility index (Phi) is 4.20. The lowest BCUT2D eigenvalue weighted by atomic mass is 9.98. The third kappa shape index (κ3) is 3.44. The highest BCUT2D eigenvalue weighted by molar-refractivity contribution is 7.90. The summed E-state index contributed by atoms with van der Waals surface area (Å²) in [4.78, 5) is 12.8. The molecular weight excluding hydrogens is 358 g/mol. The maximum Gasteiger partial charge on any atom is 0.248 e. The predicted molar refractivity (Wildman–Crippen MR) is 106 cm³/mol. The van der Waals surface area contributed by atoms with Crippen LogP contribution in [-0.4, -0.2) is 29.6 Å². The number of benzene rings is 2. The minimum Gasteiger partial charge on any atom is -0.227 e. The SMILES string of the molecule is [CH2]c1ccc(-c2nc3nc(S(C)(=O)=O)ncc3cc2-c2ccccc2)cc1. The summed E-state index contributed by atoms with van der Waals surface area (Å²) in [6.07, 6.45) is 2.58. The number of fused-ring (bicyclic) bond motifs is 1. The summed E-state index contributed by atoms with van der Waals surface area (Å²) in [5.41, 5.74) is 4.82. The van der Waals surface area contributed by atoms with Crippen LogP contribution in [0.3, 0.4) is 0 Å². The van der Waals surface area contributed by atoms with Crippen molar-refractivity contribution in [2.45, 2.75) is 5.16 Å². The summed E-state index contributed by atoms with van der Waals surface area (Å²) in [5, 5.41) is 0.452. The summed E-state index contributed by atoms with van der Waals surface area (Å²) >= 11 is 0. The normalized spacial score (nSPS) is 11.6. The Hall–Kier alpha value is -3.12. The van der Waals surface area contributed by atoms with E-state index in [9.17, 15) is 8.42 Å². The first-order valence-electron chi connectivity index (χ1n) is 8.27. The third-order valence-electron chi connectivity index (χ3n) is 4.19. The zero-order valence-electron chi connectivity index (χ0n) is 14.6. The average molecular weight is 374 g/mol. The van der Waals surface area contributed by atoms with Gasteiger partial charge in [0, 0.05) is 29.0 Å². The zero-order chi connectivity index (χ0) is 19.0. The Morgan fingerprint density at radius 3 is 2.26 bits per heavy atom. The average Bonchev–Trinajstić information content (AvgIpc) is 2.67. The van der Waals surface area contributed by atoms with E-state index in [1.807, 2.05) is 60.7 Å². The Labute approximate surface area is 157 Å². The van der Waals surface area contributed by atoms with Gasteiger partial charge in [-0.15, -0.1) is 0 Å². The lowest BCUT2D eigenvalue weighted by Gasteiger charge is -2.11. The molecular formula is C21H16N3O2S. The third-order valence-corrected chi connectivity index (χ3v) is 5.05. The first kappa shape index (κ1) is 17.3. The number of sulfone groups is 1. The highest BCUT2D eigenvalue weighted by Gasteiger charge is 2.16. The summed E-state index contributed by atoms with van der Waals surface area (Å²) < 4.78 is 23.6. The first-order chi connectivity index (χ1) is 12.9. The van der Waals surface area contributed by atoms with Crippen molar-refractivity contribution in [3.8, 4) is 22.4 Å². The minimum absolute atomic E-state index is 0.228. The van der Waals surface area contributed by atoms with E-state index in [0.29, 0.717) is 11.0 Å². The van der Waals surface area contributed by atoms with E-state index in [1.165, 1.54) is 6.20 Å². The van der Waals surface area contributed by atoms with Gasteiger partial charge in [0.25, 0.3) is 0 Å². The van der Waals surface area contributed by atoms with Crippen LogP contribution in [0.4, 0.5) is 0 Å². The molecule has 0 saturated carbocycles. The fraction of sp³-hybridized carbons (Fsp3) is 0.0476. The standard InChI is InChI=1S/C21H16N3O2S/c1-14-8-10-16(11-9-14)19-18(15-6-4-3-5-7-15)12-17-13-22-21(27(2,25)26)24-20(17)23-19/h3-13H,1H2,2H3. The van der Waals surface area contributed by atoms with Crippen molar-refractivity contribution >= 4 is 20.9 Å². The molecule has 0 bridgehead atoms. The van der Waals surface area contributed by atoms with E-state index in [2.05, 4.69) is 21.9 Å². The van der Waals surface area contributed by atoms with Crippen molar-refractivity contribution in [3.05, 3.63) is 79.3 Å². The maximum absolute atomic E-state index is 11.8. The predicted octanol–water partition coefficient (Wildman–Crippen LogP) is 3.94. The molecule has 4 rings (SSSR count). The molecule has 4 aromatic rings. The molecule has 6 heteroatoms. The van der Waals surface area contributed by atoms with E-state index in [4.69, 9.17) is 0 Å². The molecule has 0 aliphatic carbocycles. The molecule has 0 saturated heterocycles. The van der Waals surface area contributed by atoms with Crippen LogP contribution in [0.15, 0.2) is 72.0 Å². The van der Waals surface area contributed by atoms with Gasteiger partial charge in [-0.25, -0.2) is 18.4 Å². The number of nitrogens with zero attached hydrogens (tertiary/aromatic N) is 3. The summed E-state index contributed by atoms with van der Waals surface area (Å²) in [6.45, 7) is 3.92. The molecule has 2 aromatic carbocycles. The number of rotatable bonds is 3. The van der Waals surface area contributed by atoms with Gasteiger partial charge in [-0.1, -0.05) is 54.6 Å². The van der Waals surface area contributed by atoms with E-state index in [0.717, 1.165) is 34.2 Å². The zero-order valence-corrected chi connectivity index (χ0v) is 15.4. The second kappa shape index (κ2) is 6.55. The van der Waals surface area contributed by atoms with Crippen molar-refractivity contribution in [2.75, 3.05) is 6.26 Å². The van der Waals surface area contributed by atoms with E-state index >= 15 is 0 Å². The van der Waals surface area contributed by atoms with Crippen LogP contribution in [0.1, 0.15) is 5.56 Å². The van der Waals surface area contributed by atoms with Crippen molar-refractivity contribution in [1.82, 2.24) is 15.0 Å². The molecule has 2 heterocycles. The topological polar surface area (TPSA) is 72.8 Å². The van der Waals surface area contributed by atoms with Gasteiger partial charge < -0.3 is 0 Å². The van der Waals surface area contributed by atoms with Gasteiger partial charge in [-0.3, -0.25) is 0 Å². The molecule has 0 unspecified atom stereocenters. The molecule has 0 spiro atoms. The van der Waals surface area contributed by atoms with Gasteiger partial charge in [0.05, 0.1) is 5.69 Å². The molecule has 0 fully saturated rings.